The molecule has 28 heavy (non-hydrogen) atoms. The van der Waals surface area contributed by atoms with Crippen molar-refractivity contribution in [3.63, 3.8) is 0 Å². The van der Waals surface area contributed by atoms with E-state index in [9.17, 15) is 0 Å². The monoisotopic (exact) mass is 358 g/mol. The minimum Gasteiger partial charge on any atom is -0.288 e. The lowest BCUT2D eigenvalue weighted by Crippen LogP contribution is -1.94. The summed E-state index contributed by atoms with van der Waals surface area (Å²) in [6.07, 6.45) is 6.60. The van der Waals surface area contributed by atoms with E-state index in [2.05, 4.69) is 62.9 Å². The van der Waals surface area contributed by atoms with Crippen molar-refractivity contribution in [2.24, 2.45) is 0 Å². The maximum atomic E-state index is 5.02. The number of rotatable bonds is 0. The first kappa shape index (κ1) is 14.3. The summed E-state index contributed by atoms with van der Waals surface area (Å²) in [5.74, 6) is 0. The first-order chi connectivity index (χ1) is 13.9. The Morgan fingerprint density at radius 3 is 2.79 bits per heavy atom. The van der Waals surface area contributed by atoms with Gasteiger partial charge in [0.25, 0.3) is 0 Å². The summed E-state index contributed by atoms with van der Waals surface area (Å²) in [5.41, 5.74) is 10.4. The highest BCUT2D eigenvalue weighted by molar-refractivity contribution is 6.13. The first-order valence-corrected chi connectivity index (χ1v) is 9.43. The topological polar surface area (TPSA) is 43.1 Å². The van der Waals surface area contributed by atoms with Crippen molar-refractivity contribution in [1.29, 1.82) is 0 Å². The van der Waals surface area contributed by atoms with Gasteiger partial charge in [-0.3, -0.25) is 14.4 Å². The Balaban J connectivity index is 1.82. The molecule has 0 spiro atoms. The van der Waals surface area contributed by atoms with Crippen molar-refractivity contribution in [2.45, 2.75) is 6.42 Å². The molecule has 130 valence electrons. The Hall–Kier alpha value is -3.79. The molecule has 4 heteroatoms. The van der Waals surface area contributed by atoms with E-state index in [1.807, 2.05) is 24.7 Å². The van der Waals surface area contributed by atoms with E-state index >= 15 is 0 Å². The minimum absolute atomic E-state index is 0.892. The molecule has 0 unspecified atom stereocenters. The average Bonchev–Trinajstić information content (AvgIpc) is 3.32. The van der Waals surface area contributed by atoms with Gasteiger partial charge in [0.05, 0.1) is 22.7 Å². The third kappa shape index (κ3) is 1.63. The van der Waals surface area contributed by atoms with Crippen molar-refractivity contribution in [3.05, 3.63) is 84.3 Å². The summed E-state index contributed by atoms with van der Waals surface area (Å²) in [5, 5.41) is 2.26. The van der Waals surface area contributed by atoms with E-state index in [1.165, 1.54) is 22.3 Å². The molecule has 0 saturated carbocycles. The second-order valence-electron chi connectivity index (χ2n) is 7.36. The van der Waals surface area contributed by atoms with Gasteiger partial charge in [-0.25, -0.2) is 4.98 Å². The normalized spacial score (nSPS) is 12.9. The zero-order chi connectivity index (χ0) is 18.2. The Labute approximate surface area is 160 Å². The zero-order valence-electron chi connectivity index (χ0n) is 14.9. The fraction of sp³-hybridized carbons (Fsp3) is 0.0417. The van der Waals surface area contributed by atoms with Gasteiger partial charge in [0.2, 0.25) is 0 Å². The number of nitrogens with zero attached hydrogens (tertiary/aromatic N) is 4. The molecule has 0 saturated heterocycles. The van der Waals surface area contributed by atoms with E-state index in [0.717, 1.165) is 44.9 Å². The fourth-order valence-corrected chi connectivity index (χ4v) is 4.77. The van der Waals surface area contributed by atoms with Gasteiger partial charge in [-0.1, -0.05) is 36.4 Å². The van der Waals surface area contributed by atoms with Crippen molar-refractivity contribution in [2.75, 3.05) is 0 Å². The summed E-state index contributed by atoms with van der Waals surface area (Å²) >= 11 is 0. The molecule has 0 fully saturated rings. The van der Waals surface area contributed by atoms with Crippen molar-refractivity contribution in [3.8, 4) is 11.1 Å². The molecular formula is C24H14N4. The highest BCUT2D eigenvalue weighted by Gasteiger charge is 2.24. The van der Waals surface area contributed by atoms with Crippen molar-refractivity contribution < 1.29 is 0 Å². The molecule has 4 heterocycles. The molecule has 0 N–H and O–H groups in total. The molecule has 2 aromatic carbocycles. The molecule has 7 rings (SSSR count). The lowest BCUT2D eigenvalue weighted by Gasteiger charge is -2.09. The maximum absolute atomic E-state index is 5.02. The minimum atomic E-state index is 0.892. The Morgan fingerprint density at radius 2 is 1.79 bits per heavy atom. The van der Waals surface area contributed by atoms with Crippen LogP contribution in [0, 0.1) is 0 Å². The maximum Gasteiger partial charge on any atom is 0.165 e. The van der Waals surface area contributed by atoms with Gasteiger partial charge in [-0.05, 0) is 41.3 Å². The largest absolute Gasteiger partial charge is 0.288 e. The van der Waals surface area contributed by atoms with E-state index in [0.29, 0.717) is 0 Å². The summed E-state index contributed by atoms with van der Waals surface area (Å²) in [4.78, 5) is 14.1. The van der Waals surface area contributed by atoms with Crippen molar-refractivity contribution >= 4 is 38.5 Å². The van der Waals surface area contributed by atoms with Crippen LogP contribution in [0.25, 0.3) is 49.6 Å². The number of benzene rings is 2. The van der Waals surface area contributed by atoms with E-state index < -0.39 is 0 Å². The van der Waals surface area contributed by atoms with Crippen LogP contribution in [0.15, 0.2) is 73.2 Å². The molecule has 0 aliphatic heterocycles. The van der Waals surface area contributed by atoms with Gasteiger partial charge in [-0.15, -0.1) is 0 Å². The van der Waals surface area contributed by atoms with E-state index in [4.69, 9.17) is 4.98 Å². The second kappa shape index (κ2) is 4.93. The summed E-state index contributed by atoms with van der Waals surface area (Å²) in [6, 6.07) is 19.2. The van der Waals surface area contributed by atoms with Crippen LogP contribution in [0.4, 0.5) is 0 Å². The van der Waals surface area contributed by atoms with Crippen LogP contribution in [0.3, 0.4) is 0 Å². The summed E-state index contributed by atoms with van der Waals surface area (Å²) in [6.45, 7) is 0. The van der Waals surface area contributed by atoms with Gasteiger partial charge >= 0.3 is 0 Å². The van der Waals surface area contributed by atoms with Crippen LogP contribution in [-0.4, -0.2) is 19.4 Å². The van der Waals surface area contributed by atoms with Crippen LogP contribution in [0.2, 0.25) is 0 Å². The standard InChI is InChI=1S/C24H14N4/c1-2-5-16-14(4-1)12-15-7-8-19-23(21(15)16)28-20-13-25-11-9-17(20)18-6-3-10-26-22(18)24(28)27-19/h1-11,13H,12H2. The number of pyridine rings is 3. The second-order valence-corrected chi connectivity index (χ2v) is 7.36. The molecule has 0 atom stereocenters. The lowest BCUT2D eigenvalue weighted by molar-refractivity contribution is 1.25. The molecule has 0 amide bonds. The van der Waals surface area contributed by atoms with Gasteiger partial charge in [0, 0.05) is 28.7 Å². The van der Waals surface area contributed by atoms with Gasteiger partial charge in [0.15, 0.2) is 5.65 Å². The smallest absolute Gasteiger partial charge is 0.165 e. The SMILES string of the molecule is c1ccc2c(c1)Cc1ccc3nc4c5ncccc5c5ccncc5n4c3c1-2. The number of imidazole rings is 1. The lowest BCUT2D eigenvalue weighted by atomic mass is 10.0. The Kier molecular flexibility index (Phi) is 2.51. The average molecular weight is 358 g/mol. The van der Waals surface area contributed by atoms with Crippen LogP contribution in [-0.2, 0) is 6.42 Å². The van der Waals surface area contributed by atoms with Crippen LogP contribution < -0.4 is 0 Å². The number of hydrogen-bond acceptors (Lipinski definition) is 3. The predicted molar refractivity (Wildman–Crippen MR) is 112 cm³/mol. The quantitative estimate of drug-likeness (QED) is 0.352. The molecule has 4 aromatic heterocycles. The third-order valence-electron chi connectivity index (χ3n) is 5.92. The predicted octanol–water partition coefficient (Wildman–Crippen LogP) is 5.16. The molecule has 4 nitrogen and oxygen atoms in total. The highest BCUT2D eigenvalue weighted by atomic mass is 15.0. The highest BCUT2D eigenvalue weighted by Crippen LogP contribution is 2.42. The molecular weight excluding hydrogens is 344 g/mol. The van der Waals surface area contributed by atoms with Crippen LogP contribution in [0.5, 0.6) is 0 Å². The van der Waals surface area contributed by atoms with Gasteiger partial charge in [0.1, 0.15) is 5.52 Å². The molecule has 1 aliphatic rings. The van der Waals surface area contributed by atoms with E-state index in [1.54, 1.807) is 0 Å². The van der Waals surface area contributed by atoms with Gasteiger partial charge in [-0.2, -0.15) is 0 Å². The fourth-order valence-electron chi connectivity index (χ4n) is 4.77. The molecule has 0 radical (unpaired) electrons. The van der Waals surface area contributed by atoms with E-state index in [-0.39, 0.29) is 0 Å². The van der Waals surface area contributed by atoms with Gasteiger partial charge < -0.3 is 0 Å². The summed E-state index contributed by atoms with van der Waals surface area (Å²) < 4.78 is 2.26. The third-order valence-corrected chi connectivity index (χ3v) is 5.92. The zero-order valence-corrected chi connectivity index (χ0v) is 14.9. The molecule has 0 bridgehead atoms. The number of fused-ring (bicyclic) bond motifs is 12. The first-order valence-electron chi connectivity index (χ1n) is 9.43. The number of aromatic nitrogens is 4. The Bertz CT molecular complexity index is 1590. The van der Waals surface area contributed by atoms with Crippen LogP contribution in [0.1, 0.15) is 11.1 Å². The number of hydrogen-bond donors (Lipinski definition) is 0. The molecule has 6 aromatic rings. The summed E-state index contributed by atoms with van der Waals surface area (Å²) in [7, 11) is 0. The Morgan fingerprint density at radius 1 is 0.821 bits per heavy atom. The van der Waals surface area contributed by atoms with Crippen molar-refractivity contribution in [1.82, 2.24) is 19.4 Å². The van der Waals surface area contributed by atoms with Crippen LogP contribution >= 0.6 is 0 Å². The molecule has 1 aliphatic carbocycles.